The summed E-state index contributed by atoms with van der Waals surface area (Å²) in [5.41, 5.74) is -1.25. The number of halogens is 3. The lowest BCUT2D eigenvalue weighted by Gasteiger charge is -2.36. The van der Waals surface area contributed by atoms with Gasteiger partial charge in [0, 0.05) is 6.42 Å². The smallest absolute Gasteiger partial charge is 0.384 e. The molecular formula is C12H16F3NO. The molecule has 5 heteroatoms. The van der Waals surface area contributed by atoms with E-state index in [1.54, 1.807) is 6.08 Å². The maximum absolute atomic E-state index is 12.8. The van der Waals surface area contributed by atoms with Gasteiger partial charge in [0.15, 0.2) is 0 Å². The molecular weight excluding hydrogens is 231 g/mol. The quantitative estimate of drug-likeness (QED) is 0.830. The number of ketones is 1. The summed E-state index contributed by atoms with van der Waals surface area (Å²) < 4.78 is 38.5. The third-order valence-electron chi connectivity index (χ3n) is 2.92. The van der Waals surface area contributed by atoms with E-state index in [1.807, 2.05) is 0 Å². The first kappa shape index (κ1) is 13.8. The molecule has 0 aromatic heterocycles. The van der Waals surface area contributed by atoms with E-state index in [4.69, 9.17) is 0 Å². The Morgan fingerprint density at radius 2 is 2.00 bits per heavy atom. The minimum Gasteiger partial charge on any atom is -0.384 e. The van der Waals surface area contributed by atoms with Crippen molar-refractivity contribution in [2.24, 2.45) is 5.41 Å². The van der Waals surface area contributed by atoms with Crippen LogP contribution in [0.4, 0.5) is 13.2 Å². The van der Waals surface area contributed by atoms with E-state index in [1.165, 1.54) is 19.2 Å². The highest BCUT2D eigenvalue weighted by Crippen LogP contribution is 2.41. The van der Waals surface area contributed by atoms with Crippen LogP contribution in [-0.4, -0.2) is 18.0 Å². The summed E-state index contributed by atoms with van der Waals surface area (Å²) in [6.07, 6.45) is 0.450. The second-order valence-electron chi connectivity index (χ2n) is 4.82. The van der Waals surface area contributed by atoms with Gasteiger partial charge in [0.25, 0.3) is 0 Å². The highest BCUT2D eigenvalue weighted by atomic mass is 19.4. The number of rotatable bonds is 3. The average Bonchev–Trinajstić information content (AvgIpc) is 2.15. The first-order valence-electron chi connectivity index (χ1n) is 5.34. The summed E-state index contributed by atoms with van der Waals surface area (Å²) in [5.74, 6) is -0.0636. The Kier molecular flexibility index (Phi) is 3.69. The summed E-state index contributed by atoms with van der Waals surface area (Å²) in [6, 6.07) is -0.846. The van der Waals surface area contributed by atoms with Crippen LogP contribution in [0.1, 0.15) is 27.2 Å². The number of allylic oxidation sites excluding steroid dienone is 2. The average molecular weight is 247 g/mol. The third kappa shape index (κ3) is 3.11. The van der Waals surface area contributed by atoms with E-state index in [0.717, 1.165) is 13.8 Å². The Balaban J connectivity index is 2.91. The van der Waals surface area contributed by atoms with Crippen molar-refractivity contribution in [2.45, 2.75) is 39.4 Å². The van der Waals surface area contributed by atoms with Gasteiger partial charge in [0.2, 0.25) is 0 Å². The molecule has 1 aliphatic rings. The molecule has 1 unspecified atom stereocenters. The van der Waals surface area contributed by atoms with E-state index in [0.29, 0.717) is 5.57 Å². The molecule has 0 aromatic carbocycles. The lowest BCUT2D eigenvalue weighted by molar-refractivity contribution is -0.216. The summed E-state index contributed by atoms with van der Waals surface area (Å²) in [7, 11) is 0. The molecule has 1 atom stereocenters. The van der Waals surface area contributed by atoms with Gasteiger partial charge in [-0.05, 0) is 38.6 Å². The highest BCUT2D eigenvalue weighted by Gasteiger charge is 2.51. The number of carbonyl (C=O) groups is 1. The van der Waals surface area contributed by atoms with Crippen molar-refractivity contribution in [2.75, 3.05) is 0 Å². The molecule has 0 amide bonds. The lowest BCUT2D eigenvalue weighted by atomic mass is 9.81. The summed E-state index contributed by atoms with van der Waals surface area (Å²) in [5, 5.41) is 2.68. The first-order chi connectivity index (χ1) is 7.64. The molecule has 1 rings (SSSR count). The number of carbonyl (C=O) groups excluding carboxylic acids is 1. The summed E-state index contributed by atoms with van der Waals surface area (Å²) in [6.45, 7) is 3.71. The van der Waals surface area contributed by atoms with Crippen LogP contribution in [0.25, 0.3) is 0 Å². The summed E-state index contributed by atoms with van der Waals surface area (Å²) >= 11 is 0. The Morgan fingerprint density at radius 1 is 1.41 bits per heavy atom. The van der Waals surface area contributed by atoms with Gasteiger partial charge >= 0.3 is 6.18 Å². The Labute approximate surface area is 98.6 Å². The SMILES string of the molecule is CC(=O)CC1=CC(C(C)(C)C(F)(F)F)NC=C1. The second-order valence-corrected chi connectivity index (χ2v) is 4.82. The van der Waals surface area contributed by atoms with Crippen LogP contribution < -0.4 is 5.32 Å². The molecule has 1 heterocycles. The van der Waals surface area contributed by atoms with E-state index < -0.39 is 17.6 Å². The zero-order valence-corrected chi connectivity index (χ0v) is 10.1. The van der Waals surface area contributed by atoms with Crippen LogP contribution in [0.5, 0.6) is 0 Å². The fourth-order valence-corrected chi connectivity index (χ4v) is 1.57. The minimum absolute atomic E-state index is 0.0636. The number of dihydropyridines is 1. The van der Waals surface area contributed by atoms with E-state index in [-0.39, 0.29) is 12.2 Å². The molecule has 0 aromatic rings. The Hall–Kier alpha value is -1.26. The zero-order chi connectivity index (χ0) is 13.3. The summed E-state index contributed by atoms with van der Waals surface area (Å²) in [4.78, 5) is 10.9. The Bertz CT molecular complexity index is 366. The lowest BCUT2D eigenvalue weighted by Crippen LogP contribution is -2.48. The van der Waals surface area contributed by atoms with Gasteiger partial charge in [0.05, 0.1) is 11.5 Å². The third-order valence-corrected chi connectivity index (χ3v) is 2.92. The van der Waals surface area contributed by atoms with Crippen molar-refractivity contribution in [3.63, 3.8) is 0 Å². The van der Waals surface area contributed by atoms with Crippen LogP contribution in [0.3, 0.4) is 0 Å². The predicted molar refractivity (Wildman–Crippen MR) is 59.3 cm³/mol. The molecule has 0 radical (unpaired) electrons. The molecule has 0 fully saturated rings. The van der Waals surface area contributed by atoms with Crippen LogP contribution in [0, 0.1) is 5.41 Å². The van der Waals surface area contributed by atoms with E-state index >= 15 is 0 Å². The standard InChI is InChI=1S/C12H16F3NO/c1-8(17)6-9-4-5-16-10(7-9)11(2,3)12(13,14)15/h4-5,7,10,16H,6H2,1-3H3. The molecule has 2 nitrogen and oxygen atoms in total. The largest absolute Gasteiger partial charge is 0.396 e. The molecule has 96 valence electrons. The fourth-order valence-electron chi connectivity index (χ4n) is 1.57. The van der Waals surface area contributed by atoms with Crippen molar-refractivity contribution in [3.05, 3.63) is 23.9 Å². The van der Waals surface area contributed by atoms with Crippen LogP contribution in [0.2, 0.25) is 0 Å². The number of alkyl halides is 3. The van der Waals surface area contributed by atoms with Gasteiger partial charge < -0.3 is 5.32 Å². The second kappa shape index (κ2) is 4.55. The molecule has 0 saturated carbocycles. The number of Topliss-reactive ketones (excluding diaryl/α,β-unsaturated/α-hetero) is 1. The van der Waals surface area contributed by atoms with Crippen LogP contribution in [0.15, 0.2) is 23.9 Å². The first-order valence-corrected chi connectivity index (χ1v) is 5.34. The van der Waals surface area contributed by atoms with E-state index in [9.17, 15) is 18.0 Å². The molecule has 0 saturated heterocycles. The van der Waals surface area contributed by atoms with E-state index in [2.05, 4.69) is 5.32 Å². The minimum atomic E-state index is -4.30. The highest BCUT2D eigenvalue weighted by molar-refractivity contribution is 5.78. The van der Waals surface area contributed by atoms with Gasteiger partial charge in [-0.25, -0.2) is 0 Å². The maximum Gasteiger partial charge on any atom is 0.396 e. The normalized spacial score (nSPS) is 20.8. The number of nitrogens with one attached hydrogen (secondary N) is 1. The van der Waals surface area contributed by atoms with Crippen molar-refractivity contribution >= 4 is 5.78 Å². The Morgan fingerprint density at radius 3 is 2.47 bits per heavy atom. The predicted octanol–water partition coefficient (Wildman–Crippen LogP) is 2.97. The van der Waals surface area contributed by atoms with Gasteiger partial charge in [-0.15, -0.1) is 0 Å². The van der Waals surface area contributed by atoms with Crippen molar-refractivity contribution < 1.29 is 18.0 Å². The zero-order valence-electron chi connectivity index (χ0n) is 10.1. The van der Waals surface area contributed by atoms with Gasteiger partial charge in [-0.2, -0.15) is 13.2 Å². The topological polar surface area (TPSA) is 29.1 Å². The van der Waals surface area contributed by atoms with Gasteiger partial charge in [-0.1, -0.05) is 6.08 Å². The molecule has 17 heavy (non-hydrogen) atoms. The molecule has 1 N–H and O–H groups in total. The number of hydrogen-bond donors (Lipinski definition) is 1. The molecule has 0 bridgehead atoms. The number of hydrogen-bond acceptors (Lipinski definition) is 2. The van der Waals surface area contributed by atoms with Gasteiger partial charge in [0.1, 0.15) is 5.78 Å². The molecule has 0 aliphatic carbocycles. The maximum atomic E-state index is 12.8. The van der Waals surface area contributed by atoms with Crippen molar-refractivity contribution in [3.8, 4) is 0 Å². The van der Waals surface area contributed by atoms with Crippen LogP contribution in [-0.2, 0) is 4.79 Å². The monoisotopic (exact) mass is 247 g/mol. The van der Waals surface area contributed by atoms with Crippen molar-refractivity contribution in [1.82, 2.24) is 5.32 Å². The molecule has 1 aliphatic heterocycles. The van der Waals surface area contributed by atoms with Crippen molar-refractivity contribution in [1.29, 1.82) is 0 Å². The fraction of sp³-hybridized carbons (Fsp3) is 0.583. The van der Waals surface area contributed by atoms with Crippen LogP contribution >= 0.6 is 0 Å². The molecule has 0 spiro atoms. The van der Waals surface area contributed by atoms with Gasteiger partial charge in [-0.3, -0.25) is 4.79 Å².